The topological polar surface area (TPSA) is 33.7 Å². The summed E-state index contributed by atoms with van der Waals surface area (Å²) in [5.74, 6) is 1.54. The Morgan fingerprint density at radius 1 is 1.04 bits per heavy atom. The van der Waals surface area contributed by atoms with Gasteiger partial charge in [0.1, 0.15) is 11.5 Å². The SMILES string of the molecule is CNC(=S)N(Cc1ccc(OC)cc1OC)c1ccc(C(C)(C)C)cc1. The van der Waals surface area contributed by atoms with Crippen LogP contribution in [-0.2, 0) is 12.0 Å². The zero-order chi connectivity index (χ0) is 19.3. The van der Waals surface area contributed by atoms with Crippen LogP contribution in [0.3, 0.4) is 0 Å². The summed E-state index contributed by atoms with van der Waals surface area (Å²) >= 11 is 5.54. The Morgan fingerprint density at radius 3 is 2.19 bits per heavy atom. The van der Waals surface area contributed by atoms with Crippen LogP contribution < -0.4 is 19.7 Å². The van der Waals surface area contributed by atoms with Crippen molar-refractivity contribution in [2.24, 2.45) is 0 Å². The molecule has 2 aromatic carbocycles. The number of anilines is 1. The lowest BCUT2D eigenvalue weighted by Gasteiger charge is -2.27. The van der Waals surface area contributed by atoms with E-state index < -0.39 is 0 Å². The molecule has 2 aromatic rings. The van der Waals surface area contributed by atoms with Crippen molar-refractivity contribution in [1.29, 1.82) is 0 Å². The summed E-state index contributed by atoms with van der Waals surface area (Å²) in [6.45, 7) is 7.22. The molecule has 1 N–H and O–H groups in total. The van der Waals surface area contributed by atoms with Gasteiger partial charge in [-0.3, -0.25) is 0 Å². The van der Waals surface area contributed by atoms with Crippen molar-refractivity contribution in [2.75, 3.05) is 26.2 Å². The molecule has 0 aliphatic rings. The molecule has 0 fully saturated rings. The van der Waals surface area contributed by atoms with Crippen LogP contribution in [0.2, 0.25) is 0 Å². The van der Waals surface area contributed by atoms with E-state index in [2.05, 4.69) is 55.3 Å². The van der Waals surface area contributed by atoms with Gasteiger partial charge in [0.25, 0.3) is 0 Å². The standard InChI is InChI=1S/C21H28N2O2S/c1-21(2,3)16-8-10-17(11-9-16)23(20(26)22-4)14-15-7-12-18(24-5)13-19(15)25-6/h7-13H,14H2,1-6H3,(H,22,26). The fourth-order valence-electron chi connectivity index (χ4n) is 2.71. The highest BCUT2D eigenvalue weighted by Crippen LogP contribution is 2.29. The van der Waals surface area contributed by atoms with Crippen LogP contribution in [0.25, 0.3) is 0 Å². The van der Waals surface area contributed by atoms with Crippen molar-refractivity contribution in [3.8, 4) is 11.5 Å². The third-order valence-electron chi connectivity index (χ3n) is 4.33. The largest absolute Gasteiger partial charge is 0.497 e. The normalized spacial score (nSPS) is 11.0. The van der Waals surface area contributed by atoms with E-state index in [1.807, 2.05) is 25.2 Å². The van der Waals surface area contributed by atoms with Crippen molar-refractivity contribution in [2.45, 2.75) is 32.7 Å². The fraction of sp³-hybridized carbons (Fsp3) is 0.381. The van der Waals surface area contributed by atoms with E-state index in [1.165, 1.54) is 5.56 Å². The maximum absolute atomic E-state index is 5.54. The third kappa shape index (κ3) is 4.67. The first-order valence-electron chi connectivity index (χ1n) is 8.61. The smallest absolute Gasteiger partial charge is 0.173 e. The summed E-state index contributed by atoms with van der Waals surface area (Å²) in [7, 11) is 5.15. The number of nitrogens with one attached hydrogen (secondary N) is 1. The molecular weight excluding hydrogens is 344 g/mol. The molecule has 0 bridgehead atoms. The Kier molecular flexibility index (Phi) is 6.48. The van der Waals surface area contributed by atoms with E-state index in [0.717, 1.165) is 22.7 Å². The molecule has 5 heteroatoms. The van der Waals surface area contributed by atoms with Gasteiger partial charge in [0.05, 0.1) is 20.8 Å². The van der Waals surface area contributed by atoms with Crippen LogP contribution >= 0.6 is 12.2 Å². The van der Waals surface area contributed by atoms with Crippen molar-refractivity contribution in [1.82, 2.24) is 5.32 Å². The van der Waals surface area contributed by atoms with E-state index in [9.17, 15) is 0 Å². The quantitative estimate of drug-likeness (QED) is 0.781. The van der Waals surface area contributed by atoms with E-state index in [4.69, 9.17) is 21.7 Å². The highest BCUT2D eigenvalue weighted by atomic mass is 32.1. The van der Waals surface area contributed by atoms with Crippen molar-refractivity contribution in [3.05, 3.63) is 53.6 Å². The molecule has 4 nitrogen and oxygen atoms in total. The molecule has 140 valence electrons. The van der Waals surface area contributed by atoms with Gasteiger partial charge in [0.2, 0.25) is 0 Å². The first-order chi connectivity index (χ1) is 12.3. The van der Waals surface area contributed by atoms with Crippen molar-refractivity contribution >= 4 is 23.0 Å². The number of methoxy groups -OCH3 is 2. The monoisotopic (exact) mass is 372 g/mol. The van der Waals surface area contributed by atoms with Crippen LogP contribution in [0.5, 0.6) is 11.5 Å². The zero-order valence-electron chi connectivity index (χ0n) is 16.4. The second kappa shape index (κ2) is 8.41. The van der Waals surface area contributed by atoms with Crippen LogP contribution in [0.1, 0.15) is 31.9 Å². The molecule has 0 atom stereocenters. The second-order valence-electron chi connectivity index (χ2n) is 7.12. The minimum Gasteiger partial charge on any atom is -0.497 e. The lowest BCUT2D eigenvalue weighted by atomic mass is 9.87. The number of rotatable bonds is 5. The molecule has 2 rings (SSSR count). The number of hydrogen-bond donors (Lipinski definition) is 1. The Balaban J connectivity index is 2.36. The average Bonchev–Trinajstić information content (AvgIpc) is 2.64. The van der Waals surface area contributed by atoms with Crippen LogP contribution in [0.15, 0.2) is 42.5 Å². The van der Waals surface area contributed by atoms with Gasteiger partial charge in [-0.25, -0.2) is 0 Å². The fourth-order valence-corrected chi connectivity index (χ4v) is 2.88. The molecule has 0 aromatic heterocycles. The summed E-state index contributed by atoms with van der Waals surface area (Å²) in [4.78, 5) is 2.06. The second-order valence-corrected chi connectivity index (χ2v) is 7.50. The maximum atomic E-state index is 5.54. The predicted octanol–water partition coefficient (Wildman–Crippen LogP) is 4.51. The summed E-state index contributed by atoms with van der Waals surface area (Å²) in [6.07, 6.45) is 0. The molecule has 26 heavy (non-hydrogen) atoms. The summed E-state index contributed by atoms with van der Waals surface area (Å²) < 4.78 is 10.8. The van der Waals surface area contributed by atoms with Gasteiger partial charge in [0.15, 0.2) is 5.11 Å². The van der Waals surface area contributed by atoms with Gasteiger partial charge in [-0.1, -0.05) is 32.9 Å². The number of thiocarbonyl (C=S) groups is 1. The Labute approximate surface area is 162 Å². The van der Waals surface area contributed by atoms with Gasteiger partial charge in [-0.15, -0.1) is 0 Å². The summed E-state index contributed by atoms with van der Waals surface area (Å²) in [6, 6.07) is 14.4. The first-order valence-corrected chi connectivity index (χ1v) is 9.01. The molecule has 0 radical (unpaired) electrons. The predicted molar refractivity (Wildman–Crippen MR) is 113 cm³/mol. The Hall–Kier alpha value is -2.27. The van der Waals surface area contributed by atoms with Crippen LogP contribution in [0, 0.1) is 0 Å². The zero-order valence-corrected chi connectivity index (χ0v) is 17.2. The lowest BCUT2D eigenvalue weighted by molar-refractivity contribution is 0.391. The van der Waals surface area contributed by atoms with Crippen LogP contribution in [0.4, 0.5) is 5.69 Å². The van der Waals surface area contributed by atoms with Crippen LogP contribution in [-0.4, -0.2) is 26.4 Å². The molecule has 0 aliphatic heterocycles. The number of nitrogens with zero attached hydrogens (tertiary/aromatic N) is 1. The number of benzene rings is 2. The number of hydrogen-bond acceptors (Lipinski definition) is 3. The van der Waals surface area contributed by atoms with Gasteiger partial charge >= 0.3 is 0 Å². The van der Waals surface area contributed by atoms with Gasteiger partial charge in [0, 0.05) is 24.4 Å². The highest BCUT2D eigenvalue weighted by molar-refractivity contribution is 7.80. The Bertz CT molecular complexity index is 752. The van der Waals surface area contributed by atoms with E-state index in [0.29, 0.717) is 11.7 Å². The summed E-state index contributed by atoms with van der Waals surface area (Å²) in [5.41, 5.74) is 3.48. The molecular formula is C21H28N2O2S. The molecule has 0 heterocycles. The minimum absolute atomic E-state index is 0.117. The number of ether oxygens (including phenoxy) is 2. The third-order valence-corrected chi connectivity index (χ3v) is 4.75. The Morgan fingerprint density at radius 2 is 1.69 bits per heavy atom. The molecule has 0 saturated heterocycles. The van der Waals surface area contributed by atoms with Crippen molar-refractivity contribution in [3.63, 3.8) is 0 Å². The lowest BCUT2D eigenvalue weighted by Crippen LogP contribution is -2.37. The average molecular weight is 373 g/mol. The molecule has 0 amide bonds. The minimum atomic E-state index is 0.117. The van der Waals surface area contributed by atoms with E-state index >= 15 is 0 Å². The molecule has 0 saturated carbocycles. The summed E-state index contributed by atoms with van der Waals surface area (Å²) in [5, 5.41) is 3.74. The highest BCUT2D eigenvalue weighted by Gasteiger charge is 2.17. The van der Waals surface area contributed by atoms with Gasteiger partial charge in [-0.05, 0) is 47.5 Å². The molecule has 0 unspecified atom stereocenters. The molecule has 0 spiro atoms. The maximum Gasteiger partial charge on any atom is 0.173 e. The van der Waals surface area contributed by atoms with E-state index in [1.54, 1.807) is 14.2 Å². The van der Waals surface area contributed by atoms with Gasteiger partial charge < -0.3 is 19.7 Å². The first kappa shape index (κ1) is 20.0. The molecule has 0 aliphatic carbocycles. The van der Waals surface area contributed by atoms with Gasteiger partial charge in [-0.2, -0.15) is 0 Å². The van der Waals surface area contributed by atoms with Crippen molar-refractivity contribution < 1.29 is 9.47 Å². The van der Waals surface area contributed by atoms with E-state index in [-0.39, 0.29) is 5.41 Å².